The molecule has 0 fully saturated rings. The van der Waals surface area contributed by atoms with Gasteiger partial charge >= 0.3 is 5.97 Å². The van der Waals surface area contributed by atoms with Gasteiger partial charge in [0.25, 0.3) is 0 Å². The number of carbonyl (C=O) groups is 2. The van der Waals surface area contributed by atoms with Gasteiger partial charge in [0.05, 0.1) is 19.5 Å². The van der Waals surface area contributed by atoms with Crippen LogP contribution in [0, 0.1) is 28.7 Å². The molecule has 4 rings (SSSR count). The highest BCUT2D eigenvalue weighted by molar-refractivity contribution is 5.84. The van der Waals surface area contributed by atoms with Crippen LogP contribution in [0.4, 0.5) is 17.6 Å². The zero-order chi connectivity index (χ0) is 25.5. The fraction of sp³-hybridized carbons (Fsp3) is 0.400. The van der Waals surface area contributed by atoms with Gasteiger partial charge in [-0.3, -0.25) is 9.59 Å². The molecule has 0 atom stereocenters. The first-order valence-corrected chi connectivity index (χ1v) is 11.2. The van der Waals surface area contributed by atoms with Crippen molar-refractivity contribution < 1.29 is 32.3 Å². The van der Waals surface area contributed by atoms with Crippen molar-refractivity contribution in [1.29, 1.82) is 0 Å². The molecule has 3 aromatic rings. The van der Waals surface area contributed by atoms with E-state index in [-0.39, 0.29) is 25.3 Å². The van der Waals surface area contributed by atoms with Crippen LogP contribution in [0.5, 0.6) is 0 Å². The highest BCUT2D eigenvalue weighted by Crippen LogP contribution is 2.33. The van der Waals surface area contributed by atoms with Crippen LogP contribution in [-0.4, -0.2) is 38.0 Å². The number of hydrogen-bond acceptors (Lipinski definition) is 3. The van der Waals surface area contributed by atoms with Crippen LogP contribution in [0.3, 0.4) is 0 Å². The number of aromatic nitrogens is 2. The van der Waals surface area contributed by atoms with Gasteiger partial charge in [-0.05, 0) is 36.0 Å². The predicted octanol–water partition coefficient (Wildman–Crippen LogP) is 4.81. The van der Waals surface area contributed by atoms with E-state index in [0.29, 0.717) is 36.8 Å². The van der Waals surface area contributed by atoms with Crippen molar-refractivity contribution in [2.24, 2.45) is 5.41 Å². The summed E-state index contributed by atoms with van der Waals surface area (Å²) in [6.45, 7) is 3.73. The molecule has 0 radical (unpaired) electrons. The topological polar surface area (TPSA) is 75.4 Å². The fourth-order valence-corrected chi connectivity index (χ4v) is 4.65. The van der Waals surface area contributed by atoms with E-state index in [0.717, 1.165) is 10.9 Å². The number of rotatable bonds is 7. The second-order valence-corrected chi connectivity index (χ2v) is 9.63. The monoisotopic (exact) mass is 491 g/mol. The van der Waals surface area contributed by atoms with Gasteiger partial charge in [0.2, 0.25) is 5.91 Å². The van der Waals surface area contributed by atoms with Crippen LogP contribution >= 0.6 is 0 Å². The Morgan fingerprint density at radius 1 is 1.14 bits per heavy atom. The average Bonchev–Trinajstić information content (AvgIpc) is 3.11. The van der Waals surface area contributed by atoms with Crippen LogP contribution < -0.4 is 0 Å². The van der Waals surface area contributed by atoms with Crippen LogP contribution in [-0.2, 0) is 29.1 Å². The molecule has 0 aliphatic carbocycles. The zero-order valence-corrected chi connectivity index (χ0v) is 19.4. The summed E-state index contributed by atoms with van der Waals surface area (Å²) in [6.07, 6.45) is 2.49. The van der Waals surface area contributed by atoms with E-state index < -0.39 is 46.8 Å². The average molecular weight is 491 g/mol. The van der Waals surface area contributed by atoms with Gasteiger partial charge < -0.3 is 14.6 Å². The Hall–Kier alpha value is -3.43. The van der Waals surface area contributed by atoms with E-state index in [1.807, 2.05) is 6.07 Å². The molecule has 0 saturated carbocycles. The highest BCUT2D eigenvalue weighted by Gasteiger charge is 2.30. The lowest BCUT2D eigenvalue weighted by Crippen LogP contribution is -2.37. The number of aliphatic carboxylic acids is 1. The number of fused-ring (bicyclic) bond motifs is 3. The SMILES string of the molecule is CC(C)(CCC(=O)N1CCc2c(n(Cc3c(F)cc(F)c(F)c3F)c3ncccc23)C1)CC(=O)O. The van der Waals surface area contributed by atoms with Crippen LogP contribution in [0.15, 0.2) is 24.4 Å². The van der Waals surface area contributed by atoms with Gasteiger partial charge in [-0.25, -0.2) is 22.5 Å². The molecule has 186 valence electrons. The highest BCUT2D eigenvalue weighted by atomic mass is 19.2. The molecule has 35 heavy (non-hydrogen) atoms. The van der Waals surface area contributed by atoms with E-state index >= 15 is 0 Å². The van der Waals surface area contributed by atoms with E-state index in [2.05, 4.69) is 4.98 Å². The maximum absolute atomic E-state index is 14.5. The molecule has 0 saturated heterocycles. The van der Waals surface area contributed by atoms with Crippen molar-refractivity contribution in [2.45, 2.75) is 52.6 Å². The number of nitrogens with zero attached hydrogens (tertiary/aromatic N) is 3. The molecule has 0 bridgehead atoms. The van der Waals surface area contributed by atoms with Crippen LogP contribution in [0.25, 0.3) is 11.0 Å². The third-order valence-electron chi connectivity index (χ3n) is 6.54. The molecular weight excluding hydrogens is 466 g/mol. The summed E-state index contributed by atoms with van der Waals surface area (Å²) in [5.41, 5.74) is 0.743. The van der Waals surface area contributed by atoms with Crippen molar-refractivity contribution in [3.8, 4) is 0 Å². The second kappa shape index (κ2) is 9.31. The van der Waals surface area contributed by atoms with Crippen molar-refractivity contribution in [1.82, 2.24) is 14.5 Å². The van der Waals surface area contributed by atoms with E-state index in [9.17, 15) is 27.2 Å². The summed E-state index contributed by atoms with van der Waals surface area (Å²) in [5, 5.41) is 9.83. The summed E-state index contributed by atoms with van der Waals surface area (Å²) in [4.78, 5) is 30.0. The van der Waals surface area contributed by atoms with Gasteiger partial charge in [-0.1, -0.05) is 13.8 Å². The smallest absolute Gasteiger partial charge is 0.303 e. The molecule has 1 aromatic carbocycles. The molecule has 2 aromatic heterocycles. The maximum Gasteiger partial charge on any atom is 0.303 e. The number of carboxylic acids is 1. The number of hydrogen-bond donors (Lipinski definition) is 1. The fourth-order valence-electron chi connectivity index (χ4n) is 4.65. The number of halogens is 4. The molecule has 3 heterocycles. The van der Waals surface area contributed by atoms with E-state index in [1.54, 1.807) is 24.8 Å². The first-order chi connectivity index (χ1) is 16.5. The number of pyridine rings is 1. The first kappa shape index (κ1) is 24.7. The Balaban J connectivity index is 1.65. The number of carbonyl (C=O) groups excluding carboxylic acids is 1. The number of benzene rings is 1. The largest absolute Gasteiger partial charge is 0.481 e. The Kier molecular flexibility index (Phi) is 6.57. The Bertz CT molecular complexity index is 1320. The summed E-state index contributed by atoms with van der Waals surface area (Å²) in [6, 6.07) is 3.86. The summed E-state index contributed by atoms with van der Waals surface area (Å²) in [5.74, 6) is -7.26. The molecule has 1 N–H and O–H groups in total. The van der Waals surface area contributed by atoms with Crippen molar-refractivity contribution in [3.63, 3.8) is 0 Å². The van der Waals surface area contributed by atoms with Crippen LogP contribution in [0.2, 0.25) is 0 Å². The van der Waals surface area contributed by atoms with Crippen molar-refractivity contribution in [3.05, 3.63) is 64.5 Å². The minimum atomic E-state index is -1.75. The first-order valence-electron chi connectivity index (χ1n) is 11.2. The van der Waals surface area contributed by atoms with Crippen LogP contribution in [0.1, 0.15) is 49.9 Å². The molecule has 1 aliphatic rings. The Morgan fingerprint density at radius 3 is 2.60 bits per heavy atom. The lowest BCUT2D eigenvalue weighted by molar-refractivity contribution is -0.140. The summed E-state index contributed by atoms with van der Waals surface area (Å²) < 4.78 is 57.7. The third kappa shape index (κ3) is 4.87. The molecule has 10 heteroatoms. The molecule has 0 spiro atoms. The van der Waals surface area contributed by atoms with E-state index in [1.165, 1.54) is 10.8 Å². The molecule has 0 unspecified atom stereocenters. The maximum atomic E-state index is 14.5. The minimum absolute atomic E-state index is 0.0598. The summed E-state index contributed by atoms with van der Waals surface area (Å²) >= 11 is 0. The standard InChI is InChI=1S/C25H25F4N3O3/c1-25(2,11-21(34)35)7-5-20(33)31-9-6-14-15-4-3-8-30-24(15)32(19(14)13-31)12-16-17(26)10-18(27)23(29)22(16)28/h3-4,8,10H,5-7,9,11-13H2,1-2H3,(H,34,35). The normalized spacial score (nSPS) is 13.8. The lowest BCUT2D eigenvalue weighted by atomic mass is 9.84. The molecule has 6 nitrogen and oxygen atoms in total. The Labute approximate surface area is 199 Å². The Morgan fingerprint density at radius 2 is 1.89 bits per heavy atom. The van der Waals surface area contributed by atoms with Gasteiger partial charge in [0.15, 0.2) is 17.5 Å². The summed E-state index contributed by atoms with van der Waals surface area (Å²) in [7, 11) is 0. The van der Waals surface area contributed by atoms with Gasteiger partial charge in [-0.2, -0.15) is 0 Å². The number of carboxylic acid groups (broad SMARTS) is 1. The molecule has 1 amide bonds. The van der Waals surface area contributed by atoms with Crippen molar-refractivity contribution >= 4 is 22.9 Å². The minimum Gasteiger partial charge on any atom is -0.481 e. The second-order valence-electron chi connectivity index (χ2n) is 9.63. The number of amides is 1. The lowest BCUT2D eigenvalue weighted by Gasteiger charge is -2.30. The quantitative estimate of drug-likeness (QED) is 0.293. The predicted molar refractivity (Wildman–Crippen MR) is 119 cm³/mol. The van der Waals surface area contributed by atoms with Gasteiger partial charge in [0, 0.05) is 41.9 Å². The zero-order valence-electron chi connectivity index (χ0n) is 19.4. The third-order valence-corrected chi connectivity index (χ3v) is 6.54. The van der Waals surface area contributed by atoms with Gasteiger partial charge in [0.1, 0.15) is 11.5 Å². The molecular formula is C25H25F4N3O3. The molecule has 1 aliphatic heterocycles. The van der Waals surface area contributed by atoms with E-state index in [4.69, 9.17) is 5.11 Å². The van der Waals surface area contributed by atoms with Crippen molar-refractivity contribution in [2.75, 3.05) is 6.54 Å². The van der Waals surface area contributed by atoms with Gasteiger partial charge in [-0.15, -0.1) is 0 Å².